The zero-order valence-electron chi connectivity index (χ0n) is 20.4. The van der Waals surface area contributed by atoms with E-state index in [-0.39, 0.29) is 29.2 Å². The van der Waals surface area contributed by atoms with Gasteiger partial charge in [0.2, 0.25) is 0 Å². The third-order valence-corrected chi connectivity index (χ3v) is 12.6. The average molecular weight is 474 g/mol. The van der Waals surface area contributed by atoms with Crippen LogP contribution in [-0.4, -0.2) is 50.5 Å². The molecule has 178 valence electrons. The van der Waals surface area contributed by atoms with Crippen LogP contribution in [0.4, 0.5) is 0 Å². The molecule has 0 N–H and O–H groups in total. The fraction of sp³-hybridized carbons (Fsp3) is 0.414. The lowest BCUT2D eigenvalue weighted by atomic mass is 9.94. The zero-order valence-corrected chi connectivity index (χ0v) is 21.4. The van der Waals surface area contributed by atoms with Gasteiger partial charge in [-0.15, -0.1) is 0 Å². The van der Waals surface area contributed by atoms with E-state index in [0.29, 0.717) is 6.61 Å². The van der Waals surface area contributed by atoms with Crippen molar-refractivity contribution in [3.05, 3.63) is 84.5 Å². The molecule has 34 heavy (non-hydrogen) atoms. The van der Waals surface area contributed by atoms with Gasteiger partial charge in [-0.1, -0.05) is 100 Å². The molecular formula is C29H35NO3Si. The van der Waals surface area contributed by atoms with Gasteiger partial charge in [0.05, 0.1) is 18.7 Å². The molecule has 3 atom stereocenters. The Labute approximate surface area is 204 Å². The van der Waals surface area contributed by atoms with Gasteiger partial charge in [-0.05, 0) is 34.8 Å². The summed E-state index contributed by atoms with van der Waals surface area (Å²) in [5.74, 6) is -0.211. The lowest BCUT2D eigenvalue weighted by Gasteiger charge is -2.46. The second-order valence-corrected chi connectivity index (χ2v) is 15.0. The van der Waals surface area contributed by atoms with Gasteiger partial charge in [0.25, 0.3) is 8.32 Å². The Morgan fingerprint density at radius 3 is 2.26 bits per heavy atom. The summed E-state index contributed by atoms with van der Waals surface area (Å²) < 4.78 is 13.0. The van der Waals surface area contributed by atoms with Crippen LogP contribution in [0.1, 0.15) is 40.0 Å². The van der Waals surface area contributed by atoms with E-state index in [9.17, 15) is 4.79 Å². The molecule has 5 rings (SSSR count). The number of esters is 1. The van der Waals surface area contributed by atoms with Crippen molar-refractivity contribution >= 4 is 24.7 Å². The van der Waals surface area contributed by atoms with Crippen molar-refractivity contribution in [3.63, 3.8) is 0 Å². The molecular weight excluding hydrogens is 438 g/mol. The average Bonchev–Trinajstić information content (AvgIpc) is 3.15. The summed E-state index contributed by atoms with van der Waals surface area (Å²) in [6, 6.07) is 22.0. The number of carbonyl (C=O) groups is 1. The van der Waals surface area contributed by atoms with Crippen molar-refractivity contribution in [1.82, 2.24) is 4.90 Å². The summed E-state index contributed by atoms with van der Waals surface area (Å²) >= 11 is 0. The molecule has 0 spiro atoms. The molecule has 4 nitrogen and oxygen atoms in total. The Balaban J connectivity index is 1.53. The topological polar surface area (TPSA) is 38.8 Å². The minimum absolute atomic E-state index is 0.0555. The van der Waals surface area contributed by atoms with Crippen LogP contribution in [0.2, 0.25) is 5.04 Å². The van der Waals surface area contributed by atoms with Crippen molar-refractivity contribution < 1.29 is 14.0 Å². The quantitative estimate of drug-likeness (QED) is 0.482. The number of fused-ring (bicyclic) bond motifs is 3. The second-order valence-electron chi connectivity index (χ2n) is 10.7. The molecule has 0 bridgehead atoms. The molecule has 0 aromatic heterocycles. The normalized spacial score (nSPS) is 25.2. The van der Waals surface area contributed by atoms with Crippen LogP contribution in [0.25, 0.3) is 0 Å². The van der Waals surface area contributed by atoms with E-state index in [0.717, 1.165) is 18.5 Å². The van der Waals surface area contributed by atoms with E-state index < -0.39 is 8.32 Å². The third-order valence-electron chi connectivity index (χ3n) is 7.62. The predicted molar refractivity (Wildman–Crippen MR) is 139 cm³/mol. The Bertz CT molecular complexity index is 1030. The minimum atomic E-state index is -2.61. The van der Waals surface area contributed by atoms with Crippen LogP contribution >= 0.6 is 0 Å². The molecule has 0 unspecified atom stereocenters. The van der Waals surface area contributed by atoms with Gasteiger partial charge in [-0.25, -0.2) is 4.79 Å². The molecule has 3 heterocycles. The first-order valence-electron chi connectivity index (χ1n) is 12.5. The summed E-state index contributed by atoms with van der Waals surface area (Å²) in [6.45, 7) is 8.58. The van der Waals surface area contributed by atoms with Crippen molar-refractivity contribution in [2.75, 3.05) is 13.2 Å². The van der Waals surface area contributed by atoms with Gasteiger partial charge in [0, 0.05) is 11.6 Å². The summed E-state index contributed by atoms with van der Waals surface area (Å²) in [7, 11) is -2.61. The molecule has 1 saturated heterocycles. The molecule has 0 amide bonds. The fourth-order valence-electron chi connectivity index (χ4n) is 6.06. The Morgan fingerprint density at radius 1 is 1.00 bits per heavy atom. The summed E-state index contributed by atoms with van der Waals surface area (Å²) in [5, 5.41) is 2.55. The predicted octanol–water partition coefficient (Wildman–Crippen LogP) is 4.21. The standard InChI is InChI=1S/C29H35NO3Si/c1-29(2,3)34(24-12-6-4-7-13-24,25-14-8-5-9-15-25)32-21-23-18-17-22-20-27(31)33-28(22)26-16-10-11-19-30(23)26/h4-9,12-15,17-18,20,23,26,28H,10-11,16,19,21H2,1-3H3/t23-,26-,28-/m1/s1. The lowest BCUT2D eigenvalue weighted by molar-refractivity contribution is -0.142. The van der Waals surface area contributed by atoms with E-state index in [1.165, 1.54) is 23.2 Å². The summed E-state index contributed by atoms with van der Waals surface area (Å²) in [6.07, 6.45) is 9.25. The molecule has 5 heteroatoms. The van der Waals surface area contributed by atoms with E-state index in [4.69, 9.17) is 9.16 Å². The smallest absolute Gasteiger partial charge is 0.331 e. The largest absolute Gasteiger partial charge is 0.453 e. The molecule has 2 aromatic carbocycles. The lowest BCUT2D eigenvalue weighted by Crippen LogP contribution is -2.67. The van der Waals surface area contributed by atoms with E-state index in [1.807, 2.05) is 0 Å². The number of ether oxygens (including phenoxy) is 1. The van der Waals surface area contributed by atoms with Gasteiger partial charge >= 0.3 is 5.97 Å². The van der Waals surface area contributed by atoms with Gasteiger partial charge in [-0.2, -0.15) is 0 Å². The van der Waals surface area contributed by atoms with Crippen LogP contribution in [-0.2, 0) is 14.0 Å². The molecule has 1 fully saturated rings. The number of carbonyl (C=O) groups excluding carboxylic acids is 1. The zero-order chi connectivity index (χ0) is 23.8. The molecule has 0 saturated carbocycles. The molecule has 0 radical (unpaired) electrons. The van der Waals surface area contributed by atoms with Crippen LogP contribution in [0.5, 0.6) is 0 Å². The maximum absolute atomic E-state index is 12.0. The van der Waals surface area contributed by atoms with Crippen LogP contribution in [0.3, 0.4) is 0 Å². The van der Waals surface area contributed by atoms with Crippen molar-refractivity contribution in [1.29, 1.82) is 0 Å². The molecule has 0 aliphatic carbocycles. The van der Waals surface area contributed by atoms with Gasteiger partial charge in [0.15, 0.2) is 0 Å². The monoisotopic (exact) mass is 473 g/mol. The minimum Gasteiger partial charge on any atom is -0.453 e. The fourth-order valence-corrected chi connectivity index (χ4v) is 10.6. The van der Waals surface area contributed by atoms with E-state index in [2.05, 4.69) is 98.5 Å². The van der Waals surface area contributed by atoms with Crippen molar-refractivity contribution in [3.8, 4) is 0 Å². The second kappa shape index (κ2) is 9.29. The number of hydrogen-bond acceptors (Lipinski definition) is 4. The molecule has 3 aliphatic rings. The van der Waals surface area contributed by atoms with Crippen LogP contribution in [0, 0.1) is 0 Å². The Hall–Kier alpha value is -2.47. The van der Waals surface area contributed by atoms with Crippen molar-refractivity contribution in [2.24, 2.45) is 0 Å². The van der Waals surface area contributed by atoms with E-state index >= 15 is 0 Å². The number of piperidine rings is 1. The van der Waals surface area contributed by atoms with Crippen LogP contribution < -0.4 is 10.4 Å². The van der Waals surface area contributed by atoms with Gasteiger partial charge in [-0.3, -0.25) is 4.90 Å². The highest BCUT2D eigenvalue weighted by molar-refractivity contribution is 6.99. The highest BCUT2D eigenvalue weighted by Gasteiger charge is 2.51. The molecule has 2 aromatic rings. The first-order chi connectivity index (χ1) is 16.4. The number of benzene rings is 2. The maximum atomic E-state index is 12.0. The highest BCUT2D eigenvalue weighted by Crippen LogP contribution is 2.38. The van der Waals surface area contributed by atoms with Crippen molar-refractivity contribution in [2.45, 2.75) is 63.3 Å². The first-order valence-corrected chi connectivity index (χ1v) is 14.4. The van der Waals surface area contributed by atoms with Gasteiger partial charge < -0.3 is 9.16 Å². The molecule has 3 aliphatic heterocycles. The number of nitrogens with zero attached hydrogens (tertiary/aromatic N) is 1. The highest BCUT2D eigenvalue weighted by atomic mass is 28.4. The Kier molecular flexibility index (Phi) is 6.36. The summed E-state index contributed by atoms with van der Waals surface area (Å²) in [4.78, 5) is 14.5. The SMILES string of the molecule is CC(C)(C)[Si](OC[C@H]1C=CC2=CC(=O)O[C@H]2[C@H]2CCCCN12)(c1ccccc1)c1ccccc1. The number of hydrogen-bond donors (Lipinski definition) is 0. The Morgan fingerprint density at radius 2 is 1.65 bits per heavy atom. The maximum Gasteiger partial charge on any atom is 0.331 e. The van der Waals surface area contributed by atoms with Gasteiger partial charge in [0.1, 0.15) is 6.10 Å². The first kappa shape index (κ1) is 23.3. The number of rotatable bonds is 5. The van der Waals surface area contributed by atoms with Crippen LogP contribution in [0.15, 0.2) is 84.5 Å². The van der Waals surface area contributed by atoms with E-state index in [1.54, 1.807) is 6.08 Å². The third kappa shape index (κ3) is 4.10. The summed E-state index contributed by atoms with van der Waals surface area (Å²) in [5.41, 5.74) is 1.01.